The summed E-state index contributed by atoms with van der Waals surface area (Å²) in [4.78, 5) is 17.1. The zero-order chi connectivity index (χ0) is 22.8. The van der Waals surface area contributed by atoms with Crippen LogP contribution < -0.4 is 15.4 Å². The van der Waals surface area contributed by atoms with Crippen LogP contribution in [-0.4, -0.2) is 28.2 Å². The van der Waals surface area contributed by atoms with Gasteiger partial charge in [0.25, 0.3) is 5.91 Å². The van der Waals surface area contributed by atoms with E-state index >= 15 is 0 Å². The van der Waals surface area contributed by atoms with Crippen molar-refractivity contribution in [3.05, 3.63) is 69.1 Å². The molecule has 0 saturated carbocycles. The van der Waals surface area contributed by atoms with Gasteiger partial charge in [-0.1, -0.05) is 15.9 Å². The first-order valence-corrected chi connectivity index (χ1v) is 11.2. The molecule has 32 heavy (non-hydrogen) atoms. The fourth-order valence-electron chi connectivity index (χ4n) is 2.96. The summed E-state index contributed by atoms with van der Waals surface area (Å²) in [5, 5.41) is 15.4. The van der Waals surface area contributed by atoms with Crippen molar-refractivity contribution in [3.8, 4) is 23.0 Å². The van der Waals surface area contributed by atoms with Gasteiger partial charge in [-0.2, -0.15) is 0 Å². The lowest BCUT2D eigenvalue weighted by Gasteiger charge is -2.12. The first-order valence-electron chi connectivity index (χ1n) is 9.19. The van der Waals surface area contributed by atoms with Gasteiger partial charge in [-0.05, 0) is 82.7 Å². The zero-order valence-corrected chi connectivity index (χ0v) is 20.5. The van der Waals surface area contributed by atoms with E-state index in [0.29, 0.717) is 44.0 Å². The molecule has 0 radical (unpaired) electrons. The number of oxazole rings is 1. The Balaban J connectivity index is 1.50. The van der Waals surface area contributed by atoms with Crippen LogP contribution in [0, 0.1) is 0 Å². The molecular weight excluding hydrogens is 562 g/mol. The van der Waals surface area contributed by atoms with Crippen molar-refractivity contribution >= 4 is 71.9 Å². The number of amides is 1. The number of carbonyl (C=O) groups is 1. The van der Waals surface area contributed by atoms with E-state index < -0.39 is 5.91 Å². The van der Waals surface area contributed by atoms with Crippen molar-refractivity contribution in [1.29, 1.82) is 0 Å². The number of aromatic nitrogens is 1. The van der Waals surface area contributed by atoms with Gasteiger partial charge in [-0.15, -0.1) is 0 Å². The Labute approximate surface area is 205 Å². The van der Waals surface area contributed by atoms with Crippen LogP contribution in [0.2, 0.25) is 0 Å². The highest BCUT2D eigenvalue weighted by Crippen LogP contribution is 2.31. The van der Waals surface area contributed by atoms with Gasteiger partial charge in [-0.25, -0.2) is 4.98 Å². The number of ether oxygens (including phenoxy) is 1. The highest BCUT2D eigenvalue weighted by atomic mass is 79.9. The number of phenols is 1. The van der Waals surface area contributed by atoms with E-state index in [0.717, 1.165) is 4.47 Å². The van der Waals surface area contributed by atoms with Crippen LogP contribution in [0.15, 0.2) is 68.0 Å². The Morgan fingerprint density at radius 1 is 1.12 bits per heavy atom. The molecule has 162 valence electrons. The second kappa shape index (κ2) is 9.27. The van der Waals surface area contributed by atoms with Gasteiger partial charge in [-0.3, -0.25) is 10.1 Å². The molecule has 10 heteroatoms. The average Bonchev–Trinajstić information content (AvgIpc) is 3.19. The Bertz CT molecular complexity index is 1360. The van der Waals surface area contributed by atoms with Gasteiger partial charge in [0.2, 0.25) is 5.89 Å². The average molecular weight is 577 g/mol. The summed E-state index contributed by atoms with van der Waals surface area (Å²) in [6.45, 7) is 0. The van der Waals surface area contributed by atoms with Crippen molar-refractivity contribution in [2.45, 2.75) is 0 Å². The van der Waals surface area contributed by atoms with E-state index in [9.17, 15) is 9.90 Å². The molecule has 0 bridgehead atoms. The van der Waals surface area contributed by atoms with Crippen LogP contribution in [0.5, 0.6) is 11.5 Å². The van der Waals surface area contributed by atoms with Crippen LogP contribution in [0.4, 0.5) is 5.69 Å². The monoisotopic (exact) mass is 575 g/mol. The minimum absolute atomic E-state index is 0.127. The van der Waals surface area contributed by atoms with E-state index in [1.54, 1.807) is 54.6 Å². The molecule has 0 saturated heterocycles. The number of halogens is 2. The molecule has 0 fully saturated rings. The molecule has 0 unspecified atom stereocenters. The maximum Gasteiger partial charge on any atom is 0.261 e. The number of nitrogens with zero attached hydrogens (tertiary/aromatic N) is 1. The summed E-state index contributed by atoms with van der Waals surface area (Å²) >= 11 is 11.9. The number of aromatic hydroxyl groups is 1. The summed E-state index contributed by atoms with van der Waals surface area (Å²) in [6.07, 6.45) is 0. The third-order valence-electron chi connectivity index (χ3n) is 4.47. The van der Waals surface area contributed by atoms with Crippen molar-refractivity contribution < 1.29 is 19.1 Å². The van der Waals surface area contributed by atoms with Crippen molar-refractivity contribution in [3.63, 3.8) is 0 Å². The first kappa shape index (κ1) is 22.3. The minimum atomic E-state index is -0.400. The number of anilines is 1. The third-order valence-corrected chi connectivity index (χ3v) is 5.81. The lowest BCUT2D eigenvalue weighted by atomic mass is 10.2. The first-order chi connectivity index (χ1) is 15.3. The number of thiocarbonyl (C=S) groups is 1. The molecule has 3 aromatic carbocycles. The molecule has 3 N–H and O–H groups in total. The Hall–Kier alpha value is -2.95. The van der Waals surface area contributed by atoms with E-state index in [1.807, 2.05) is 0 Å². The molecule has 1 heterocycles. The smallest absolute Gasteiger partial charge is 0.261 e. The van der Waals surface area contributed by atoms with Crippen LogP contribution in [-0.2, 0) is 0 Å². The van der Waals surface area contributed by atoms with Gasteiger partial charge in [0.05, 0.1) is 17.1 Å². The Morgan fingerprint density at radius 3 is 2.69 bits per heavy atom. The molecule has 1 amide bonds. The van der Waals surface area contributed by atoms with Crippen LogP contribution >= 0.6 is 44.1 Å². The van der Waals surface area contributed by atoms with Crippen molar-refractivity contribution in [2.24, 2.45) is 0 Å². The lowest BCUT2D eigenvalue weighted by molar-refractivity contribution is 0.0974. The van der Waals surface area contributed by atoms with E-state index in [4.69, 9.17) is 21.4 Å². The molecule has 0 aliphatic carbocycles. The molecule has 7 nitrogen and oxygen atoms in total. The molecular formula is C22H15Br2N3O4S. The highest BCUT2D eigenvalue weighted by molar-refractivity contribution is 9.10. The van der Waals surface area contributed by atoms with E-state index in [1.165, 1.54) is 7.11 Å². The summed E-state index contributed by atoms with van der Waals surface area (Å²) in [7, 11) is 1.49. The second-order valence-electron chi connectivity index (χ2n) is 6.62. The lowest BCUT2D eigenvalue weighted by Crippen LogP contribution is -2.34. The largest absolute Gasteiger partial charge is 0.507 e. The fraction of sp³-hybridized carbons (Fsp3) is 0.0455. The Morgan fingerprint density at radius 2 is 1.94 bits per heavy atom. The maximum absolute atomic E-state index is 12.6. The fourth-order valence-corrected chi connectivity index (χ4v) is 3.91. The van der Waals surface area contributed by atoms with Crippen molar-refractivity contribution in [2.75, 3.05) is 12.4 Å². The summed E-state index contributed by atoms with van der Waals surface area (Å²) < 4.78 is 12.3. The van der Waals surface area contributed by atoms with Gasteiger partial charge in [0.1, 0.15) is 17.0 Å². The molecule has 0 spiro atoms. The predicted molar refractivity (Wildman–Crippen MR) is 133 cm³/mol. The van der Waals surface area contributed by atoms with Gasteiger partial charge in [0.15, 0.2) is 10.7 Å². The topological polar surface area (TPSA) is 96.6 Å². The molecule has 0 aliphatic rings. The molecule has 4 aromatic rings. The number of phenolic OH excluding ortho intramolecular Hbond substituents is 1. The summed E-state index contributed by atoms with van der Waals surface area (Å²) in [5.41, 5.74) is 2.89. The number of methoxy groups -OCH3 is 1. The molecule has 0 aliphatic heterocycles. The number of hydrogen-bond donors (Lipinski definition) is 3. The number of carbonyl (C=O) groups excluding carboxylic acids is 1. The SMILES string of the molecule is COc1ccc(Br)cc1C(=O)NC(=S)Nc1ccc2oc(-c3ccc(O)c(Br)c3)nc2c1. The van der Waals surface area contributed by atoms with Gasteiger partial charge in [0, 0.05) is 15.7 Å². The van der Waals surface area contributed by atoms with Crippen LogP contribution in [0.25, 0.3) is 22.6 Å². The van der Waals surface area contributed by atoms with Gasteiger partial charge < -0.3 is 19.6 Å². The van der Waals surface area contributed by atoms with E-state index in [2.05, 4.69) is 47.5 Å². The number of fused-ring (bicyclic) bond motifs is 1. The molecule has 4 rings (SSSR count). The number of nitrogens with one attached hydrogen (secondary N) is 2. The molecule has 1 aromatic heterocycles. The standard InChI is InChI=1S/C22H15Br2N3O4S/c1-30-18-6-3-12(23)9-14(18)20(29)27-22(32)25-13-4-7-19-16(10-13)26-21(31-19)11-2-5-17(28)15(24)8-11/h2-10,28H,1H3,(H2,25,27,29,32). The predicted octanol–water partition coefficient (Wildman–Crippen LogP) is 5.86. The minimum Gasteiger partial charge on any atom is -0.507 e. The van der Waals surface area contributed by atoms with Crippen molar-refractivity contribution in [1.82, 2.24) is 10.3 Å². The number of benzene rings is 3. The number of hydrogen-bond acceptors (Lipinski definition) is 6. The summed E-state index contributed by atoms with van der Waals surface area (Å²) in [6, 6.07) is 15.4. The summed E-state index contributed by atoms with van der Waals surface area (Å²) in [5.74, 6) is 0.581. The second-order valence-corrected chi connectivity index (χ2v) is 8.80. The maximum atomic E-state index is 12.6. The van der Waals surface area contributed by atoms with Crippen LogP contribution in [0.1, 0.15) is 10.4 Å². The van der Waals surface area contributed by atoms with Gasteiger partial charge >= 0.3 is 0 Å². The Kier molecular flexibility index (Phi) is 6.45. The van der Waals surface area contributed by atoms with Crippen LogP contribution in [0.3, 0.4) is 0 Å². The number of rotatable bonds is 4. The zero-order valence-electron chi connectivity index (χ0n) is 16.5. The normalized spacial score (nSPS) is 10.7. The third kappa shape index (κ3) is 4.77. The molecule has 0 atom stereocenters. The van der Waals surface area contributed by atoms with E-state index in [-0.39, 0.29) is 10.9 Å². The quantitative estimate of drug-likeness (QED) is 0.262. The highest BCUT2D eigenvalue weighted by Gasteiger charge is 2.15.